The van der Waals surface area contributed by atoms with E-state index in [1.54, 1.807) is 4.90 Å². The maximum absolute atomic E-state index is 12.0. The predicted molar refractivity (Wildman–Crippen MR) is 76.8 cm³/mol. The quantitative estimate of drug-likeness (QED) is 0.703. The number of rotatable bonds is 6. The van der Waals surface area contributed by atoms with E-state index in [0.717, 1.165) is 25.7 Å². The van der Waals surface area contributed by atoms with Gasteiger partial charge >= 0.3 is 6.09 Å². The maximum atomic E-state index is 12.0. The second-order valence-corrected chi connectivity index (χ2v) is 6.50. The van der Waals surface area contributed by atoms with Crippen molar-refractivity contribution in [1.82, 2.24) is 4.90 Å². The maximum Gasteiger partial charge on any atom is 0.410 e. The molecule has 0 spiro atoms. The van der Waals surface area contributed by atoms with Crippen molar-refractivity contribution in [3.63, 3.8) is 0 Å². The molecule has 1 amide bonds. The fourth-order valence-corrected chi connectivity index (χ4v) is 1.87. The molecule has 0 aliphatic carbocycles. The molecule has 0 saturated carbocycles. The molecule has 0 aromatic rings. The van der Waals surface area contributed by atoms with Gasteiger partial charge in [0.25, 0.3) is 0 Å². The minimum absolute atomic E-state index is 0.204. The van der Waals surface area contributed by atoms with Gasteiger partial charge in [-0.2, -0.15) is 0 Å². The Balaban J connectivity index is 4.44. The van der Waals surface area contributed by atoms with Gasteiger partial charge in [-0.3, -0.25) is 0 Å². The summed E-state index contributed by atoms with van der Waals surface area (Å²) in [5, 5.41) is 0. The van der Waals surface area contributed by atoms with Crippen LogP contribution in [0.5, 0.6) is 0 Å². The largest absolute Gasteiger partial charge is 0.444 e. The molecule has 0 heterocycles. The second kappa shape index (κ2) is 7.65. The lowest BCUT2D eigenvalue weighted by atomic mass is 9.99. The third-order valence-corrected chi connectivity index (χ3v) is 2.93. The Morgan fingerprint density at radius 3 is 2.11 bits per heavy atom. The fourth-order valence-electron chi connectivity index (χ4n) is 1.87. The van der Waals surface area contributed by atoms with Gasteiger partial charge in [-0.05, 0) is 46.0 Å². The van der Waals surface area contributed by atoms with Gasteiger partial charge in [0.2, 0.25) is 0 Å². The Bertz CT molecular complexity index is 243. The summed E-state index contributed by atoms with van der Waals surface area (Å²) in [7, 11) is 1.86. The highest BCUT2D eigenvalue weighted by Crippen LogP contribution is 2.18. The summed E-state index contributed by atoms with van der Waals surface area (Å²) in [6.45, 7) is 12.3. The minimum Gasteiger partial charge on any atom is -0.444 e. The highest BCUT2D eigenvalue weighted by atomic mass is 16.6. The van der Waals surface area contributed by atoms with Crippen LogP contribution in [-0.2, 0) is 4.74 Å². The van der Waals surface area contributed by atoms with Crippen molar-refractivity contribution >= 4 is 6.09 Å². The fraction of sp³-hybridized carbons (Fsp3) is 0.933. The third-order valence-electron chi connectivity index (χ3n) is 2.93. The van der Waals surface area contributed by atoms with Crippen LogP contribution < -0.4 is 0 Å². The summed E-state index contributed by atoms with van der Waals surface area (Å²) in [5.41, 5.74) is -0.417. The average Bonchev–Trinajstić information content (AvgIpc) is 2.20. The molecular weight excluding hydrogens is 226 g/mol. The van der Waals surface area contributed by atoms with E-state index >= 15 is 0 Å². The number of carbonyl (C=O) groups excluding carboxylic acids is 1. The van der Waals surface area contributed by atoms with Gasteiger partial charge in [0, 0.05) is 13.1 Å². The van der Waals surface area contributed by atoms with Gasteiger partial charge in [0.15, 0.2) is 0 Å². The lowest BCUT2D eigenvalue weighted by molar-refractivity contribution is 0.0201. The number of amides is 1. The smallest absolute Gasteiger partial charge is 0.410 e. The van der Waals surface area contributed by atoms with Gasteiger partial charge in [0.05, 0.1) is 0 Å². The van der Waals surface area contributed by atoms with Crippen LogP contribution >= 0.6 is 0 Å². The molecule has 0 N–H and O–H groups in total. The molecule has 0 saturated heterocycles. The third kappa shape index (κ3) is 7.57. The number of hydrogen-bond donors (Lipinski definition) is 0. The Morgan fingerprint density at radius 2 is 1.72 bits per heavy atom. The highest BCUT2D eigenvalue weighted by molar-refractivity contribution is 5.68. The Labute approximate surface area is 113 Å². The van der Waals surface area contributed by atoms with Gasteiger partial charge in [0.1, 0.15) is 5.60 Å². The van der Waals surface area contributed by atoms with E-state index in [4.69, 9.17) is 4.74 Å². The first kappa shape index (κ1) is 17.3. The zero-order valence-electron chi connectivity index (χ0n) is 13.2. The molecule has 0 rings (SSSR count). The minimum atomic E-state index is -0.417. The van der Waals surface area contributed by atoms with Crippen LogP contribution in [0, 0.1) is 5.92 Å². The van der Waals surface area contributed by atoms with Gasteiger partial charge in [-0.15, -0.1) is 0 Å². The monoisotopic (exact) mass is 257 g/mol. The molecule has 0 aromatic carbocycles. The summed E-state index contributed by atoms with van der Waals surface area (Å²) in [5.74, 6) is 0.677. The first-order valence-corrected chi connectivity index (χ1v) is 7.13. The number of carbonyl (C=O) groups is 1. The zero-order valence-corrected chi connectivity index (χ0v) is 13.2. The van der Waals surface area contributed by atoms with Gasteiger partial charge in [-0.1, -0.05) is 27.2 Å². The molecule has 0 bridgehead atoms. The summed E-state index contributed by atoms with van der Waals surface area (Å²) in [6, 6.07) is 0.298. The SMILES string of the molecule is CCCC(CCC(C)C)N(C)C(=O)OC(C)(C)C. The summed E-state index contributed by atoms with van der Waals surface area (Å²) in [4.78, 5) is 13.8. The Morgan fingerprint density at radius 1 is 1.17 bits per heavy atom. The van der Waals surface area contributed by atoms with Crippen LogP contribution in [0.2, 0.25) is 0 Å². The van der Waals surface area contributed by atoms with Crippen molar-refractivity contribution in [1.29, 1.82) is 0 Å². The Kier molecular flexibility index (Phi) is 7.34. The number of ether oxygens (including phenoxy) is 1. The van der Waals surface area contributed by atoms with E-state index in [9.17, 15) is 4.79 Å². The second-order valence-electron chi connectivity index (χ2n) is 6.50. The molecule has 0 fully saturated rings. The molecule has 0 aromatic heterocycles. The van der Waals surface area contributed by atoms with E-state index in [-0.39, 0.29) is 6.09 Å². The van der Waals surface area contributed by atoms with Crippen LogP contribution in [0.4, 0.5) is 4.79 Å². The first-order valence-electron chi connectivity index (χ1n) is 7.13. The van der Waals surface area contributed by atoms with Crippen molar-refractivity contribution in [2.75, 3.05) is 7.05 Å². The number of nitrogens with zero attached hydrogens (tertiary/aromatic N) is 1. The van der Waals surface area contributed by atoms with E-state index < -0.39 is 5.60 Å². The number of hydrogen-bond acceptors (Lipinski definition) is 2. The molecule has 1 unspecified atom stereocenters. The summed E-state index contributed by atoms with van der Waals surface area (Å²) < 4.78 is 5.42. The van der Waals surface area contributed by atoms with Crippen molar-refractivity contribution in [3.05, 3.63) is 0 Å². The normalized spacial score (nSPS) is 13.6. The van der Waals surface area contributed by atoms with Gasteiger partial charge in [-0.25, -0.2) is 4.79 Å². The standard InChI is InChI=1S/C15H31NO2/c1-8-9-13(11-10-12(2)3)16(7)14(17)18-15(4,5)6/h12-13H,8-11H2,1-7H3. The Hall–Kier alpha value is -0.730. The molecule has 3 nitrogen and oxygen atoms in total. The molecule has 18 heavy (non-hydrogen) atoms. The van der Waals surface area contributed by atoms with E-state index in [2.05, 4.69) is 20.8 Å². The van der Waals surface area contributed by atoms with E-state index in [0.29, 0.717) is 12.0 Å². The molecule has 0 aliphatic heterocycles. The van der Waals surface area contributed by atoms with Crippen molar-refractivity contribution < 1.29 is 9.53 Å². The first-order chi connectivity index (χ1) is 8.17. The van der Waals surface area contributed by atoms with E-state index in [1.807, 2.05) is 27.8 Å². The zero-order chi connectivity index (χ0) is 14.3. The van der Waals surface area contributed by atoms with Crippen LogP contribution in [0.1, 0.15) is 67.2 Å². The van der Waals surface area contributed by atoms with E-state index in [1.165, 1.54) is 0 Å². The van der Waals surface area contributed by atoms with Crippen LogP contribution in [0.3, 0.4) is 0 Å². The molecule has 0 radical (unpaired) electrons. The van der Waals surface area contributed by atoms with Crippen LogP contribution in [0.25, 0.3) is 0 Å². The lowest BCUT2D eigenvalue weighted by Gasteiger charge is -2.31. The van der Waals surface area contributed by atoms with Crippen molar-refractivity contribution in [2.24, 2.45) is 5.92 Å². The molecule has 108 valence electrons. The van der Waals surface area contributed by atoms with Crippen molar-refractivity contribution in [2.45, 2.75) is 78.9 Å². The lowest BCUT2D eigenvalue weighted by Crippen LogP contribution is -2.40. The molecular formula is C15H31NO2. The van der Waals surface area contributed by atoms with Crippen LogP contribution in [-0.4, -0.2) is 29.7 Å². The topological polar surface area (TPSA) is 29.5 Å². The van der Waals surface area contributed by atoms with Crippen LogP contribution in [0.15, 0.2) is 0 Å². The molecule has 0 aliphatic rings. The van der Waals surface area contributed by atoms with Crippen molar-refractivity contribution in [3.8, 4) is 0 Å². The van der Waals surface area contributed by atoms with Gasteiger partial charge < -0.3 is 9.64 Å². The summed E-state index contributed by atoms with van der Waals surface area (Å²) >= 11 is 0. The molecule has 1 atom stereocenters. The molecule has 3 heteroatoms. The average molecular weight is 257 g/mol. The summed E-state index contributed by atoms with van der Waals surface area (Å²) in [6.07, 6.45) is 4.14. The predicted octanol–water partition coefficient (Wildman–Crippen LogP) is 4.46. The highest BCUT2D eigenvalue weighted by Gasteiger charge is 2.24.